The van der Waals surface area contributed by atoms with Gasteiger partial charge in [0.1, 0.15) is 0 Å². The Bertz CT molecular complexity index is 1420. The van der Waals surface area contributed by atoms with Gasteiger partial charge in [-0.3, -0.25) is 19.5 Å². The molecule has 7 heteroatoms. The van der Waals surface area contributed by atoms with Gasteiger partial charge in [0.25, 0.3) is 5.91 Å². The molecule has 1 aromatic heterocycles. The number of methoxy groups -OCH3 is 1. The van der Waals surface area contributed by atoms with Crippen molar-refractivity contribution in [1.29, 1.82) is 0 Å². The van der Waals surface area contributed by atoms with Crippen LogP contribution < -0.4 is 10.6 Å². The average molecular weight is 495 g/mol. The first-order valence-corrected chi connectivity index (χ1v) is 12.4. The predicted octanol–water partition coefficient (Wildman–Crippen LogP) is 4.89. The van der Waals surface area contributed by atoms with Crippen LogP contribution in [0.1, 0.15) is 27.9 Å². The number of nitrogens with one attached hydrogen (secondary N) is 2. The van der Waals surface area contributed by atoms with Crippen molar-refractivity contribution in [3.63, 3.8) is 0 Å². The molecule has 7 nitrogen and oxygen atoms in total. The van der Waals surface area contributed by atoms with Gasteiger partial charge in [0.15, 0.2) is 0 Å². The number of likely N-dealkylation sites (tertiary alicyclic amines) is 1. The highest BCUT2D eigenvalue weighted by atomic mass is 16.5. The number of nitrogens with zero attached hydrogens (tertiary/aromatic N) is 2. The summed E-state index contributed by atoms with van der Waals surface area (Å²) in [5.41, 5.74) is 4.28. The fourth-order valence-electron chi connectivity index (χ4n) is 4.83. The van der Waals surface area contributed by atoms with Crippen LogP contribution in [0.3, 0.4) is 0 Å². The lowest BCUT2D eigenvalue weighted by atomic mass is 10.1. The molecule has 188 valence electrons. The molecule has 2 N–H and O–H groups in total. The van der Waals surface area contributed by atoms with E-state index in [1.165, 1.54) is 12.5 Å². The molecule has 3 aromatic carbocycles. The van der Waals surface area contributed by atoms with Gasteiger partial charge in [-0.1, -0.05) is 36.4 Å². The number of carbonyl (C=O) groups excluding carboxylic acids is 2. The van der Waals surface area contributed by atoms with Crippen LogP contribution in [0.4, 0.5) is 11.4 Å². The summed E-state index contributed by atoms with van der Waals surface area (Å²) >= 11 is 0. The first kappa shape index (κ1) is 24.5. The van der Waals surface area contributed by atoms with Gasteiger partial charge in [-0.2, -0.15) is 0 Å². The highest BCUT2D eigenvalue weighted by molar-refractivity contribution is 6.04. The zero-order valence-electron chi connectivity index (χ0n) is 20.8. The third-order valence-electron chi connectivity index (χ3n) is 6.67. The molecule has 1 saturated heterocycles. The number of ether oxygens (including phenoxy) is 1. The minimum Gasteiger partial charge on any atom is -0.469 e. The first-order valence-electron chi connectivity index (χ1n) is 12.4. The molecule has 1 unspecified atom stereocenters. The zero-order chi connectivity index (χ0) is 25.6. The van der Waals surface area contributed by atoms with Crippen molar-refractivity contribution in [3.8, 4) is 0 Å². The topological polar surface area (TPSA) is 83.6 Å². The Labute approximate surface area is 216 Å². The Balaban J connectivity index is 1.19. The summed E-state index contributed by atoms with van der Waals surface area (Å²) < 4.78 is 4.73. The fourth-order valence-corrected chi connectivity index (χ4v) is 4.83. The largest absolute Gasteiger partial charge is 0.469 e. The highest BCUT2D eigenvalue weighted by Crippen LogP contribution is 2.25. The van der Waals surface area contributed by atoms with E-state index in [1.807, 2.05) is 48.8 Å². The van der Waals surface area contributed by atoms with Gasteiger partial charge in [0.2, 0.25) is 0 Å². The van der Waals surface area contributed by atoms with Gasteiger partial charge in [-0.15, -0.1) is 0 Å². The first-order chi connectivity index (χ1) is 18.1. The number of hydrogen-bond donors (Lipinski definition) is 2. The molecule has 0 saturated carbocycles. The van der Waals surface area contributed by atoms with Gasteiger partial charge in [0, 0.05) is 65.8 Å². The van der Waals surface area contributed by atoms with Crippen molar-refractivity contribution >= 4 is 34.0 Å². The second-order valence-electron chi connectivity index (χ2n) is 9.38. The Morgan fingerprint density at radius 2 is 1.86 bits per heavy atom. The van der Waals surface area contributed by atoms with Crippen LogP contribution >= 0.6 is 0 Å². The van der Waals surface area contributed by atoms with Gasteiger partial charge in [0.05, 0.1) is 13.5 Å². The number of esters is 1. The van der Waals surface area contributed by atoms with E-state index in [2.05, 4.69) is 50.8 Å². The standard InChI is InChI=1S/C30H30N4O3/c1-37-29(35)17-21-5-3-9-25(16-21)33-30(36)23-7-2-6-22(15-23)19-34-14-12-26(20-34)32-28-10-4-8-24-18-31-13-11-27(24)28/h2-11,13,15-16,18,26,32H,12,14,17,19-20H2,1H3,(H,33,36). The van der Waals surface area contributed by atoms with E-state index in [1.54, 1.807) is 6.07 Å². The van der Waals surface area contributed by atoms with Crippen molar-refractivity contribution in [2.24, 2.45) is 0 Å². The van der Waals surface area contributed by atoms with E-state index in [9.17, 15) is 9.59 Å². The quantitative estimate of drug-likeness (QED) is 0.340. The molecule has 2 heterocycles. The van der Waals surface area contributed by atoms with E-state index in [0.29, 0.717) is 17.3 Å². The molecule has 0 radical (unpaired) electrons. The summed E-state index contributed by atoms with van der Waals surface area (Å²) in [6, 6.07) is 23.7. The smallest absolute Gasteiger partial charge is 0.309 e. The van der Waals surface area contributed by atoms with Gasteiger partial charge >= 0.3 is 5.97 Å². The monoisotopic (exact) mass is 494 g/mol. The third-order valence-corrected chi connectivity index (χ3v) is 6.67. The van der Waals surface area contributed by atoms with Crippen LogP contribution in [0.5, 0.6) is 0 Å². The molecule has 37 heavy (non-hydrogen) atoms. The van der Waals surface area contributed by atoms with Crippen LogP contribution in [0.15, 0.2) is 85.2 Å². The number of aromatic nitrogens is 1. The lowest BCUT2D eigenvalue weighted by molar-refractivity contribution is -0.139. The summed E-state index contributed by atoms with van der Waals surface area (Å²) in [7, 11) is 1.36. The molecule has 5 rings (SSSR count). The summed E-state index contributed by atoms with van der Waals surface area (Å²) in [6.07, 6.45) is 4.95. The molecular formula is C30H30N4O3. The second kappa shape index (κ2) is 11.2. The maximum atomic E-state index is 12.9. The molecule has 0 spiro atoms. The van der Waals surface area contributed by atoms with Crippen LogP contribution in [0.2, 0.25) is 0 Å². The fraction of sp³-hybridized carbons (Fsp3) is 0.233. The molecular weight excluding hydrogens is 464 g/mol. The van der Waals surface area contributed by atoms with E-state index < -0.39 is 0 Å². The van der Waals surface area contributed by atoms with Gasteiger partial charge in [-0.25, -0.2) is 0 Å². The van der Waals surface area contributed by atoms with Crippen LogP contribution in [-0.4, -0.2) is 48.0 Å². The summed E-state index contributed by atoms with van der Waals surface area (Å²) in [5, 5.41) is 8.97. The number of amides is 1. The SMILES string of the molecule is COC(=O)Cc1cccc(NC(=O)c2cccc(CN3CCC(Nc4cccc5cnccc45)C3)c2)c1. The number of benzene rings is 3. The van der Waals surface area contributed by atoms with E-state index >= 15 is 0 Å². The minimum absolute atomic E-state index is 0.166. The van der Waals surface area contributed by atoms with Crippen LogP contribution in [-0.2, 0) is 22.5 Å². The number of pyridine rings is 1. The van der Waals surface area contributed by atoms with Crippen molar-refractivity contribution in [2.45, 2.75) is 25.4 Å². The average Bonchev–Trinajstić information content (AvgIpc) is 3.35. The van der Waals surface area contributed by atoms with Crippen molar-refractivity contribution in [1.82, 2.24) is 9.88 Å². The molecule has 1 atom stereocenters. The number of anilines is 2. The molecule has 1 amide bonds. The molecule has 4 aromatic rings. The third kappa shape index (κ3) is 6.13. The number of carbonyl (C=O) groups is 2. The zero-order valence-corrected chi connectivity index (χ0v) is 20.8. The maximum Gasteiger partial charge on any atom is 0.309 e. The summed E-state index contributed by atoms with van der Waals surface area (Å²) in [5.74, 6) is -0.492. The Kier molecular flexibility index (Phi) is 7.42. The van der Waals surface area contributed by atoms with Crippen LogP contribution in [0, 0.1) is 0 Å². The van der Waals surface area contributed by atoms with Gasteiger partial charge < -0.3 is 15.4 Å². The Morgan fingerprint density at radius 1 is 1.03 bits per heavy atom. The number of fused-ring (bicyclic) bond motifs is 1. The van der Waals surface area contributed by atoms with E-state index in [0.717, 1.165) is 48.3 Å². The summed E-state index contributed by atoms with van der Waals surface area (Å²) in [4.78, 5) is 31.1. The lowest BCUT2D eigenvalue weighted by Crippen LogP contribution is -2.26. The molecule has 0 bridgehead atoms. The van der Waals surface area contributed by atoms with Gasteiger partial charge in [-0.05, 0) is 53.9 Å². The lowest BCUT2D eigenvalue weighted by Gasteiger charge is -2.18. The van der Waals surface area contributed by atoms with Crippen molar-refractivity contribution in [3.05, 3.63) is 102 Å². The van der Waals surface area contributed by atoms with Crippen molar-refractivity contribution < 1.29 is 14.3 Å². The van der Waals surface area contributed by atoms with E-state index in [4.69, 9.17) is 4.74 Å². The number of rotatable bonds is 8. The Morgan fingerprint density at radius 3 is 2.76 bits per heavy atom. The maximum absolute atomic E-state index is 12.9. The molecule has 1 aliphatic heterocycles. The molecule has 1 fully saturated rings. The summed E-state index contributed by atoms with van der Waals surface area (Å²) in [6.45, 7) is 2.71. The van der Waals surface area contributed by atoms with Crippen LogP contribution in [0.25, 0.3) is 10.8 Å². The number of hydrogen-bond acceptors (Lipinski definition) is 6. The van der Waals surface area contributed by atoms with E-state index in [-0.39, 0.29) is 18.3 Å². The molecule has 1 aliphatic rings. The predicted molar refractivity (Wildman–Crippen MR) is 146 cm³/mol. The highest BCUT2D eigenvalue weighted by Gasteiger charge is 2.23. The molecule has 0 aliphatic carbocycles. The normalized spacial score (nSPS) is 15.4. The second-order valence-corrected chi connectivity index (χ2v) is 9.38. The van der Waals surface area contributed by atoms with Crippen molar-refractivity contribution in [2.75, 3.05) is 30.8 Å². The Hall–Kier alpha value is -4.23. The minimum atomic E-state index is -0.315.